The van der Waals surface area contributed by atoms with Crippen molar-refractivity contribution in [1.29, 1.82) is 0 Å². The van der Waals surface area contributed by atoms with E-state index in [9.17, 15) is 8.78 Å². The van der Waals surface area contributed by atoms with Gasteiger partial charge in [0.05, 0.1) is 11.9 Å². The molecule has 3 rings (SSSR count). The Balaban J connectivity index is 2.21. The quantitative estimate of drug-likeness (QED) is 0.865. The summed E-state index contributed by atoms with van der Waals surface area (Å²) in [6, 6.07) is 3.37. The number of aryl methyl sites for hydroxylation is 1. The summed E-state index contributed by atoms with van der Waals surface area (Å²) in [6.07, 6.45) is 1.74. The first-order valence-electron chi connectivity index (χ1n) is 6.94. The Morgan fingerprint density at radius 3 is 2.76 bits per heavy atom. The average molecular weight is 292 g/mol. The molecule has 0 saturated heterocycles. The van der Waals surface area contributed by atoms with Gasteiger partial charge in [-0.2, -0.15) is 5.10 Å². The molecule has 1 aromatic carbocycles. The topological polar surface area (TPSA) is 47.1 Å². The maximum Gasteiger partial charge on any atom is 0.264 e. The van der Waals surface area contributed by atoms with Gasteiger partial charge < -0.3 is 5.01 Å². The van der Waals surface area contributed by atoms with E-state index in [4.69, 9.17) is 5.84 Å². The van der Waals surface area contributed by atoms with Crippen molar-refractivity contribution in [3.05, 3.63) is 35.7 Å². The van der Waals surface area contributed by atoms with Crippen LogP contribution in [0.5, 0.6) is 0 Å². The number of hydrogen-bond donors (Lipinski definition) is 1. The minimum Gasteiger partial charge on any atom is -0.311 e. The number of nitrogens with two attached hydrogens (primary N) is 1. The molecule has 1 aliphatic heterocycles. The van der Waals surface area contributed by atoms with Gasteiger partial charge in [0.2, 0.25) is 0 Å². The number of hydrazine groups is 1. The number of nitrogens with zero attached hydrogens (tertiary/aromatic N) is 3. The predicted octanol–water partition coefficient (Wildman–Crippen LogP) is 3.21. The Hall–Kier alpha value is -1.95. The van der Waals surface area contributed by atoms with Crippen molar-refractivity contribution < 1.29 is 8.78 Å². The van der Waals surface area contributed by atoms with Crippen molar-refractivity contribution in [2.45, 2.75) is 25.7 Å². The fourth-order valence-electron chi connectivity index (χ4n) is 2.86. The first kappa shape index (κ1) is 14.0. The van der Waals surface area contributed by atoms with E-state index < -0.39 is 6.43 Å². The molecule has 0 bridgehead atoms. The van der Waals surface area contributed by atoms with E-state index in [1.54, 1.807) is 29.1 Å². The van der Waals surface area contributed by atoms with Crippen molar-refractivity contribution in [3.8, 4) is 11.1 Å². The lowest BCUT2D eigenvalue weighted by Crippen LogP contribution is -2.36. The minimum absolute atomic E-state index is 0.00583. The van der Waals surface area contributed by atoms with Gasteiger partial charge in [-0.3, -0.25) is 4.68 Å². The molecule has 0 radical (unpaired) electrons. The Labute approximate surface area is 122 Å². The highest BCUT2D eigenvalue weighted by Gasteiger charge is 2.25. The monoisotopic (exact) mass is 292 g/mol. The van der Waals surface area contributed by atoms with Crippen LogP contribution in [0.3, 0.4) is 0 Å². The number of aromatic nitrogens is 2. The van der Waals surface area contributed by atoms with Crippen LogP contribution in [0.15, 0.2) is 24.5 Å². The molecule has 2 aromatic rings. The molecule has 0 fully saturated rings. The van der Waals surface area contributed by atoms with E-state index in [0.29, 0.717) is 29.3 Å². The van der Waals surface area contributed by atoms with Crippen molar-refractivity contribution in [3.63, 3.8) is 0 Å². The summed E-state index contributed by atoms with van der Waals surface area (Å²) in [6.45, 7) is 2.78. The van der Waals surface area contributed by atoms with E-state index in [0.717, 1.165) is 12.0 Å². The number of benzene rings is 1. The normalized spacial score (nSPS) is 18.2. The summed E-state index contributed by atoms with van der Waals surface area (Å²) in [5.41, 5.74) is 2.98. The lowest BCUT2D eigenvalue weighted by molar-refractivity contribution is 0.152. The Bertz CT molecular complexity index is 666. The molecule has 0 saturated carbocycles. The van der Waals surface area contributed by atoms with Gasteiger partial charge in [0.15, 0.2) is 0 Å². The summed E-state index contributed by atoms with van der Waals surface area (Å²) in [5, 5.41) is 5.64. The van der Waals surface area contributed by atoms with Crippen molar-refractivity contribution in [1.82, 2.24) is 9.78 Å². The highest BCUT2D eigenvalue weighted by molar-refractivity contribution is 5.73. The Morgan fingerprint density at radius 2 is 2.14 bits per heavy atom. The van der Waals surface area contributed by atoms with Crippen LogP contribution in [0.1, 0.15) is 36.8 Å². The maximum atomic E-state index is 13.4. The number of fused-ring (bicyclic) bond motifs is 1. The zero-order chi connectivity index (χ0) is 15.1. The lowest BCUT2D eigenvalue weighted by Gasteiger charge is -2.32. The molecule has 1 aliphatic rings. The predicted molar refractivity (Wildman–Crippen MR) is 78.2 cm³/mol. The zero-order valence-corrected chi connectivity index (χ0v) is 12.1. The number of alkyl halides is 2. The molecule has 0 unspecified atom stereocenters. The second-order valence-electron chi connectivity index (χ2n) is 5.58. The molecule has 6 heteroatoms. The van der Waals surface area contributed by atoms with E-state index in [-0.39, 0.29) is 5.56 Å². The summed E-state index contributed by atoms with van der Waals surface area (Å²) in [4.78, 5) is 0. The fraction of sp³-hybridized carbons (Fsp3) is 0.400. The van der Waals surface area contributed by atoms with Gasteiger partial charge >= 0.3 is 0 Å². The van der Waals surface area contributed by atoms with Crippen molar-refractivity contribution in [2.75, 3.05) is 11.6 Å². The van der Waals surface area contributed by atoms with Gasteiger partial charge in [0.25, 0.3) is 6.43 Å². The van der Waals surface area contributed by atoms with Crippen LogP contribution in [0.25, 0.3) is 11.1 Å². The molecule has 112 valence electrons. The third-order valence-corrected chi connectivity index (χ3v) is 4.09. The molecule has 21 heavy (non-hydrogen) atoms. The van der Waals surface area contributed by atoms with Crippen LogP contribution in [-0.2, 0) is 7.05 Å². The molecular formula is C15H18F2N4. The first-order chi connectivity index (χ1) is 9.97. The van der Waals surface area contributed by atoms with Crippen LogP contribution in [0.2, 0.25) is 0 Å². The summed E-state index contributed by atoms with van der Waals surface area (Å²) < 4.78 is 28.5. The van der Waals surface area contributed by atoms with Crippen LogP contribution in [-0.4, -0.2) is 16.3 Å². The number of rotatable bonds is 2. The maximum absolute atomic E-state index is 13.4. The molecule has 1 aromatic heterocycles. The van der Waals surface area contributed by atoms with Crippen molar-refractivity contribution >= 4 is 5.69 Å². The van der Waals surface area contributed by atoms with Crippen LogP contribution in [0, 0.1) is 0 Å². The molecular weight excluding hydrogens is 274 g/mol. The standard InChI is InChI=1S/C15H18F2N4/c1-9-3-4-21(18)14-6-13(15(16)17)12(5-11(9)14)10-7-19-20(2)8-10/h5-9,15H,3-4,18H2,1-2H3/t9-/m0/s1. The molecule has 2 heterocycles. The molecule has 4 nitrogen and oxygen atoms in total. The highest BCUT2D eigenvalue weighted by Crippen LogP contribution is 2.41. The number of hydrogen-bond acceptors (Lipinski definition) is 3. The van der Waals surface area contributed by atoms with Crippen molar-refractivity contribution in [2.24, 2.45) is 12.9 Å². The van der Waals surface area contributed by atoms with Gasteiger partial charge in [-0.1, -0.05) is 6.92 Å². The molecule has 0 amide bonds. The van der Waals surface area contributed by atoms with Gasteiger partial charge in [-0.05, 0) is 35.6 Å². The van der Waals surface area contributed by atoms with E-state index in [2.05, 4.69) is 12.0 Å². The summed E-state index contributed by atoms with van der Waals surface area (Å²) in [7, 11) is 1.77. The van der Waals surface area contributed by atoms with Gasteiger partial charge in [0.1, 0.15) is 0 Å². The third-order valence-electron chi connectivity index (χ3n) is 4.09. The van der Waals surface area contributed by atoms with E-state index in [1.807, 2.05) is 6.07 Å². The molecule has 0 aliphatic carbocycles. The minimum atomic E-state index is -2.55. The second-order valence-corrected chi connectivity index (χ2v) is 5.58. The smallest absolute Gasteiger partial charge is 0.264 e. The summed E-state index contributed by atoms with van der Waals surface area (Å²) in [5.74, 6) is 6.25. The molecule has 0 spiro atoms. The number of anilines is 1. The first-order valence-corrected chi connectivity index (χ1v) is 6.94. The van der Waals surface area contributed by atoms with E-state index in [1.165, 1.54) is 6.07 Å². The Morgan fingerprint density at radius 1 is 1.38 bits per heavy atom. The van der Waals surface area contributed by atoms with E-state index >= 15 is 0 Å². The zero-order valence-electron chi connectivity index (χ0n) is 12.1. The van der Waals surface area contributed by atoms with Crippen LogP contribution >= 0.6 is 0 Å². The lowest BCUT2D eigenvalue weighted by atomic mass is 9.88. The van der Waals surface area contributed by atoms with Gasteiger partial charge in [-0.15, -0.1) is 0 Å². The van der Waals surface area contributed by atoms with Crippen LogP contribution in [0.4, 0.5) is 14.5 Å². The molecule has 2 N–H and O–H groups in total. The third kappa shape index (κ3) is 2.40. The summed E-state index contributed by atoms with van der Waals surface area (Å²) >= 11 is 0. The van der Waals surface area contributed by atoms with Crippen LogP contribution < -0.4 is 10.9 Å². The average Bonchev–Trinajstić information content (AvgIpc) is 2.88. The fourth-order valence-corrected chi connectivity index (χ4v) is 2.86. The SMILES string of the molecule is C[C@H]1CCN(N)c2cc(C(F)F)c(-c3cnn(C)c3)cc21. The largest absolute Gasteiger partial charge is 0.311 e. The Kier molecular flexibility index (Phi) is 3.41. The second kappa shape index (κ2) is 5.11. The molecule has 1 atom stereocenters. The number of halogens is 2. The highest BCUT2D eigenvalue weighted by atomic mass is 19.3. The van der Waals surface area contributed by atoms with Gasteiger partial charge in [-0.25, -0.2) is 14.6 Å². The van der Waals surface area contributed by atoms with Gasteiger partial charge in [0, 0.05) is 30.9 Å².